The van der Waals surface area contributed by atoms with Gasteiger partial charge in [0.2, 0.25) is 11.8 Å². The number of barbiturate groups is 1. The second kappa shape index (κ2) is 12.7. The summed E-state index contributed by atoms with van der Waals surface area (Å²) >= 11 is 12.2. The zero-order valence-corrected chi connectivity index (χ0v) is 27.5. The van der Waals surface area contributed by atoms with E-state index in [1.807, 2.05) is 29.7 Å². The van der Waals surface area contributed by atoms with Crippen molar-refractivity contribution in [2.24, 2.45) is 11.3 Å². The topological polar surface area (TPSA) is 101 Å². The van der Waals surface area contributed by atoms with E-state index in [4.69, 9.17) is 32.7 Å². The van der Waals surface area contributed by atoms with E-state index in [2.05, 4.69) is 4.90 Å². The molecule has 0 unspecified atom stereocenters. The van der Waals surface area contributed by atoms with Crippen molar-refractivity contribution in [3.8, 4) is 11.5 Å². The number of benzene rings is 2. The first-order valence-electron chi connectivity index (χ1n) is 15.4. The fraction of sp³-hybridized carbons (Fsp3) is 0.412. The molecule has 0 spiro atoms. The van der Waals surface area contributed by atoms with Crippen molar-refractivity contribution in [2.75, 3.05) is 40.3 Å². The number of hydrogen-bond acceptors (Lipinski definition) is 7. The first-order valence-corrected chi connectivity index (χ1v) is 16.1. The van der Waals surface area contributed by atoms with E-state index in [1.165, 1.54) is 14.1 Å². The summed E-state index contributed by atoms with van der Waals surface area (Å²) in [5, 5.41) is 0.885. The summed E-state index contributed by atoms with van der Waals surface area (Å²) in [6.07, 6.45) is 0.996. The summed E-state index contributed by atoms with van der Waals surface area (Å²) in [6.45, 7) is 4.41. The Labute approximate surface area is 277 Å². The predicted molar refractivity (Wildman–Crippen MR) is 173 cm³/mol. The largest absolute Gasteiger partial charge is 0.490 e. The van der Waals surface area contributed by atoms with Crippen LogP contribution in [0.5, 0.6) is 11.5 Å². The number of carbonyl (C=O) groups is 3. The molecule has 2 aromatic carbocycles. The van der Waals surface area contributed by atoms with Crippen LogP contribution in [-0.2, 0) is 29.2 Å². The molecule has 242 valence electrons. The van der Waals surface area contributed by atoms with Gasteiger partial charge in [-0.15, -0.1) is 0 Å². The molecule has 12 heteroatoms. The molecular weight excluding hydrogens is 631 g/mol. The summed E-state index contributed by atoms with van der Waals surface area (Å²) in [4.78, 5) is 57.8. The van der Waals surface area contributed by atoms with Gasteiger partial charge in [-0.1, -0.05) is 41.4 Å². The lowest BCUT2D eigenvalue weighted by molar-refractivity contribution is -0.159. The van der Waals surface area contributed by atoms with Crippen LogP contribution in [0.15, 0.2) is 59.4 Å². The molecule has 10 nitrogen and oxygen atoms in total. The molecule has 2 saturated heterocycles. The monoisotopic (exact) mass is 666 g/mol. The lowest BCUT2D eigenvalue weighted by Gasteiger charge is -2.48. The zero-order valence-electron chi connectivity index (χ0n) is 26.0. The third kappa shape index (κ3) is 5.89. The fourth-order valence-corrected chi connectivity index (χ4v) is 7.49. The average Bonchev–Trinajstić information content (AvgIpc) is 3.04. The van der Waals surface area contributed by atoms with E-state index in [-0.39, 0.29) is 37.0 Å². The summed E-state index contributed by atoms with van der Waals surface area (Å²) < 4.78 is 13.9. The summed E-state index contributed by atoms with van der Waals surface area (Å²) in [6, 6.07) is 15.3. The minimum absolute atomic E-state index is 0.00832. The lowest BCUT2D eigenvalue weighted by atomic mass is 9.75. The van der Waals surface area contributed by atoms with Gasteiger partial charge in [0.05, 0.1) is 16.7 Å². The maximum Gasteiger partial charge on any atom is 0.332 e. The molecule has 46 heavy (non-hydrogen) atoms. The number of fused-ring (bicyclic) bond motifs is 4. The van der Waals surface area contributed by atoms with Crippen molar-refractivity contribution in [2.45, 2.75) is 38.8 Å². The predicted octanol–water partition coefficient (Wildman–Crippen LogP) is 4.83. The highest BCUT2D eigenvalue weighted by Gasteiger charge is 2.56. The molecule has 2 bridgehead atoms. The fourth-order valence-electron chi connectivity index (χ4n) is 7.17. The molecule has 2 fully saturated rings. The van der Waals surface area contributed by atoms with Crippen LogP contribution >= 0.6 is 23.2 Å². The molecule has 3 aliphatic heterocycles. The van der Waals surface area contributed by atoms with Crippen molar-refractivity contribution < 1.29 is 23.9 Å². The molecule has 3 aromatic rings. The summed E-state index contributed by atoms with van der Waals surface area (Å²) in [5.41, 5.74) is 0.938. The summed E-state index contributed by atoms with van der Waals surface area (Å²) in [5.74, 6) is 0.191. The molecule has 2 atom stereocenters. The zero-order chi connectivity index (χ0) is 32.7. The first kappa shape index (κ1) is 32.1. The number of hydrogen-bond donors (Lipinski definition) is 0. The van der Waals surface area contributed by atoms with E-state index in [0.29, 0.717) is 53.3 Å². The standard InChI is InChI=1S/C34H36Cl2N4O6/c1-4-45-29-14-21(9-11-28(29)46-19-22-8-10-25(35)26(36)13-22)15-34(31(42)37(2)33(44)38(3)32(34)43)20-39-16-23-12-24(18-39)27-6-5-7-30(41)40(27)17-23/h5-11,13-14,23-24H,4,12,15-20H2,1-3H3/t23-,24+/m1/s1. The molecular formula is C34H36Cl2N4O6. The Morgan fingerprint density at radius 1 is 0.826 bits per heavy atom. The van der Waals surface area contributed by atoms with Crippen molar-refractivity contribution in [1.29, 1.82) is 0 Å². The highest BCUT2D eigenvalue weighted by Crippen LogP contribution is 2.40. The van der Waals surface area contributed by atoms with Gasteiger partial charge in [0.25, 0.3) is 5.56 Å². The molecule has 0 N–H and O–H groups in total. The van der Waals surface area contributed by atoms with E-state index >= 15 is 0 Å². The Kier molecular flexibility index (Phi) is 8.89. The number of piperidine rings is 1. The number of pyridine rings is 1. The number of urea groups is 1. The Balaban J connectivity index is 1.30. The van der Waals surface area contributed by atoms with Crippen LogP contribution in [0.25, 0.3) is 0 Å². The highest BCUT2D eigenvalue weighted by molar-refractivity contribution is 6.42. The maximum absolute atomic E-state index is 14.1. The Hall–Kier alpha value is -3.86. The van der Waals surface area contributed by atoms with Gasteiger partial charge in [-0.05, 0) is 67.1 Å². The van der Waals surface area contributed by atoms with Crippen molar-refractivity contribution in [3.05, 3.63) is 91.8 Å². The number of carbonyl (C=O) groups excluding carboxylic acids is 3. The number of ether oxygens (including phenoxy) is 2. The molecule has 6 rings (SSSR count). The van der Waals surface area contributed by atoms with Crippen LogP contribution < -0.4 is 15.0 Å². The normalized spacial score (nSPS) is 20.9. The van der Waals surface area contributed by atoms with Crippen LogP contribution in [0.2, 0.25) is 10.0 Å². The van der Waals surface area contributed by atoms with Gasteiger partial charge in [-0.25, -0.2) is 4.79 Å². The number of nitrogens with zero attached hydrogens (tertiary/aromatic N) is 4. The Morgan fingerprint density at radius 2 is 1.57 bits per heavy atom. The van der Waals surface area contributed by atoms with Crippen LogP contribution in [0.1, 0.15) is 36.1 Å². The van der Waals surface area contributed by atoms with Gasteiger partial charge in [0.15, 0.2) is 11.5 Å². The van der Waals surface area contributed by atoms with Gasteiger partial charge in [0.1, 0.15) is 12.0 Å². The molecule has 4 amide bonds. The quantitative estimate of drug-likeness (QED) is 0.302. The molecule has 0 aliphatic carbocycles. The van der Waals surface area contributed by atoms with Gasteiger partial charge in [-0.3, -0.25) is 24.2 Å². The molecule has 1 aromatic heterocycles. The third-order valence-electron chi connectivity index (χ3n) is 9.24. The van der Waals surface area contributed by atoms with Crippen molar-refractivity contribution in [3.63, 3.8) is 0 Å². The van der Waals surface area contributed by atoms with E-state index in [1.54, 1.807) is 36.4 Å². The van der Waals surface area contributed by atoms with E-state index < -0.39 is 23.3 Å². The van der Waals surface area contributed by atoms with Crippen LogP contribution in [0.4, 0.5) is 4.79 Å². The summed E-state index contributed by atoms with van der Waals surface area (Å²) in [7, 11) is 2.84. The van der Waals surface area contributed by atoms with Gasteiger partial charge < -0.3 is 18.9 Å². The number of aromatic nitrogens is 1. The van der Waals surface area contributed by atoms with Crippen LogP contribution in [0.3, 0.4) is 0 Å². The highest BCUT2D eigenvalue weighted by atomic mass is 35.5. The Bertz CT molecular complexity index is 1740. The second-order valence-electron chi connectivity index (χ2n) is 12.4. The minimum atomic E-state index is -1.55. The Morgan fingerprint density at radius 3 is 2.28 bits per heavy atom. The number of halogens is 2. The molecule has 0 saturated carbocycles. The smallest absolute Gasteiger partial charge is 0.332 e. The van der Waals surface area contributed by atoms with Gasteiger partial charge >= 0.3 is 6.03 Å². The van der Waals surface area contributed by atoms with Crippen molar-refractivity contribution in [1.82, 2.24) is 19.3 Å². The SMILES string of the molecule is CCOc1cc(CC2(CN3C[C@H]4C[C@@H](C3)c3cccc(=O)n3C4)C(=O)N(C)C(=O)N(C)C2=O)ccc1OCc1ccc(Cl)c(Cl)c1. The van der Waals surface area contributed by atoms with E-state index in [0.717, 1.165) is 27.5 Å². The molecule has 0 radical (unpaired) electrons. The number of imide groups is 2. The van der Waals surface area contributed by atoms with Gasteiger partial charge in [-0.2, -0.15) is 0 Å². The van der Waals surface area contributed by atoms with Gasteiger partial charge in [0, 0.05) is 58.0 Å². The number of amides is 4. The minimum Gasteiger partial charge on any atom is -0.490 e. The van der Waals surface area contributed by atoms with Crippen LogP contribution in [-0.4, -0.2) is 77.4 Å². The maximum atomic E-state index is 14.1. The number of likely N-dealkylation sites (tertiary alicyclic amines) is 1. The third-order valence-corrected chi connectivity index (χ3v) is 9.98. The van der Waals surface area contributed by atoms with E-state index in [9.17, 15) is 19.2 Å². The lowest BCUT2D eigenvalue weighted by Crippen LogP contribution is -2.67. The molecule has 3 aliphatic rings. The average molecular weight is 668 g/mol. The second-order valence-corrected chi connectivity index (χ2v) is 13.2. The first-order chi connectivity index (χ1) is 22.0. The van der Waals surface area contributed by atoms with Crippen molar-refractivity contribution >= 4 is 41.0 Å². The van der Waals surface area contributed by atoms with Crippen LogP contribution in [0, 0.1) is 11.3 Å². The number of rotatable bonds is 9. The molecule has 4 heterocycles.